The molecule has 1 aromatic carbocycles. The highest BCUT2D eigenvalue weighted by atomic mass is 19.1. The summed E-state index contributed by atoms with van der Waals surface area (Å²) < 4.78 is 20.2. The van der Waals surface area contributed by atoms with E-state index in [-0.39, 0.29) is 24.9 Å². The Kier molecular flexibility index (Phi) is 6.39. The number of hydrogen-bond acceptors (Lipinski definition) is 4. The average Bonchev–Trinajstić information content (AvgIpc) is 3.04. The predicted molar refractivity (Wildman–Crippen MR) is 107 cm³/mol. The van der Waals surface area contributed by atoms with Crippen molar-refractivity contribution in [1.82, 2.24) is 14.9 Å². The molecule has 1 N–H and O–H groups in total. The van der Waals surface area contributed by atoms with Gasteiger partial charge in [0.05, 0.1) is 12.2 Å². The van der Waals surface area contributed by atoms with Gasteiger partial charge in [-0.05, 0) is 61.4 Å². The Morgan fingerprint density at radius 1 is 1.21 bits per heavy atom. The fourth-order valence-corrected chi connectivity index (χ4v) is 3.03. The molecule has 0 aliphatic heterocycles. The van der Waals surface area contributed by atoms with Crippen LogP contribution in [0.2, 0.25) is 0 Å². The van der Waals surface area contributed by atoms with Gasteiger partial charge in [-0.2, -0.15) is 0 Å². The first kappa shape index (κ1) is 20.3. The van der Waals surface area contributed by atoms with Gasteiger partial charge in [0, 0.05) is 30.3 Å². The summed E-state index contributed by atoms with van der Waals surface area (Å²) in [6.45, 7) is 4.10. The van der Waals surface area contributed by atoms with Gasteiger partial charge in [0.25, 0.3) is 0 Å². The Balaban J connectivity index is 1.87. The van der Waals surface area contributed by atoms with Crippen LogP contribution in [0.4, 0.5) is 4.39 Å². The van der Waals surface area contributed by atoms with Gasteiger partial charge in [0.15, 0.2) is 0 Å². The predicted octanol–water partition coefficient (Wildman–Crippen LogP) is 3.49. The van der Waals surface area contributed by atoms with Crippen LogP contribution in [-0.4, -0.2) is 28.0 Å². The van der Waals surface area contributed by atoms with Crippen molar-refractivity contribution < 1.29 is 18.7 Å². The van der Waals surface area contributed by atoms with E-state index in [9.17, 15) is 14.0 Å². The summed E-state index contributed by atoms with van der Waals surface area (Å²) in [5.74, 6) is -1.03. The molecule has 0 atom stereocenters. The zero-order chi connectivity index (χ0) is 20.8. The first-order valence-corrected chi connectivity index (χ1v) is 9.28. The molecule has 7 heteroatoms. The number of nitrogens with zero attached hydrogens (tertiary/aromatic N) is 2. The summed E-state index contributed by atoms with van der Waals surface area (Å²) >= 11 is 0. The van der Waals surface area contributed by atoms with Gasteiger partial charge in [-0.1, -0.05) is 6.07 Å². The van der Waals surface area contributed by atoms with Gasteiger partial charge < -0.3 is 14.6 Å². The fourth-order valence-electron chi connectivity index (χ4n) is 3.03. The van der Waals surface area contributed by atoms with Crippen molar-refractivity contribution >= 4 is 11.9 Å². The molecule has 0 aliphatic carbocycles. The first-order chi connectivity index (χ1) is 14.0. The van der Waals surface area contributed by atoms with Crippen molar-refractivity contribution in [2.24, 2.45) is 0 Å². The van der Waals surface area contributed by atoms with Crippen molar-refractivity contribution in [1.29, 1.82) is 0 Å². The molecule has 0 saturated heterocycles. The Hall–Kier alpha value is -3.48. The Bertz CT molecular complexity index is 998. The van der Waals surface area contributed by atoms with Crippen molar-refractivity contribution in [3.8, 4) is 11.3 Å². The lowest BCUT2D eigenvalue weighted by Gasteiger charge is -2.12. The van der Waals surface area contributed by atoms with E-state index in [0.717, 1.165) is 5.56 Å². The summed E-state index contributed by atoms with van der Waals surface area (Å²) in [6, 6.07) is 11.3. The highest BCUT2D eigenvalue weighted by Gasteiger charge is 2.21. The highest BCUT2D eigenvalue weighted by molar-refractivity contribution is 5.93. The number of amides is 1. The van der Waals surface area contributed by atoms with E-state index >= 15 is 0 Å². The normalized spacial score (nSPS) is 10.6. The number of hydrogen-bond donors (Lipinski definition) is 1. The number of nitrogens with one attached hydrogen (secondary N) is 1. The third-order valence-electron chi connectivity index (χ3n) is 4.52. The molecule has 6 nitrogen and oxygen atoms in total. The number of carbonyl (C=O) groups excluding carboxylic acids is 2. The van der Waals surface area contributed by atoms with Crippen molar-refractivity contribution in [3.63, 3.8) is 0 Å². The number of halogens is 1. The minimum absolute atomic E-state index is 0.0121. The summed E-state index contributed by atoms with van der Waals surface area (Å²) in [4.78, 5) is 28.9. The minimum Gasteiger partial charge on any atom is -0.462 e. The van der Waals surface area contributed by atoms with Crippen LogP contribution in [0.25, 0.3) is 11.3 Å². The lowest BCUT2D eigenvalue weighted by atomic mass is 10.1. The third-order valence-corrected chi connectivity index (χ3v) is 4.52. The molecular weight excluding hydrogens is 373 g/mol. The third kappa shape index (κ3) is 4.87. The summed E-state index contributed by atoms with van der Waals surface area (Å²) in [5, 5.41) is 2.85. The second kappa shape index (κ2) is 9.14. The maximum Gasteiger partial charge on any atom is 0.339 e. The van der Waals surface area contributed by atoms with E-state index in [1.807, 2.05) is 6.07 Å². The zero-order valence-electron chi connectivity index (χ0n) is 16.3. The number of esters is 1. The minimum atomic E-state index is -0.456. The molecule has 2 heterocycles. The average molecular weight is 395 g/mol. The van der Waals surface area contributed by atoms with Crippen LogP contribution < -0.4 is 5.32 Å². The molecule has 0 spiro atoms. The van der Waals surface area contributed by atoms with Crippen LogP contribution in [0.5, 0.6) is 0 Å². The number of ether oxygens (including phenoxy) is 1. The standard InChI is InChI=1S/C22H22FN3O3/c1-3-29-22(28)19-11-20(17-6-8-18(23)9-7-17)26(15(19)2)14-21(27)25-13-16-5-4-10-24-12-16/h4-12H,3,13-14H2,1-2H3,(H,25,27). The molecule has 0 saturated carbocycles. The first-order valence-electron chi connectivity index (χ1n) is 9.28. The summed E-state index contributed by atoms with van der Waals surface area (Å²) in [5.41, 5.74) is 3.22. The lowest BCUT2D eigenvalue weighted by Crippen LogP contribution is -2.28. The fraction of sp³-hybridized carbons (Fsp3) is 0.227. The monoisotopic (exact) mass is 395 g/mol. The van der Waals surface area contributed by atoms with Gasteiger partial charge in [-0.15, -0.1) is 0 Å². The molecule has 3 aromatic rings. The van der Waals surface area contributed by atoms with E-state index in [1.54, 1.807) is 55.1 Å². The van der Waals surface area contributed by atoms with Gasteiger partial charge in [0.1, 0.15) is 12.4 Å². The Morgan fingerprint density at radius 2 is 1.97 bits per heavy atom. The number of rotatable bonds is 7. The molecule has 3 rings (SSSR count). The van der Waals surface area contributed by atoms with Crippen LogP contribution in [0, 0.1) is 12.7 Å². The van der Waals surface area contributed by atoms with E-state index in [1.165, 1.54) is 12.1 Å². The lowest BCUT2D eigenvalue weighted by molar-refractivity contribution is -0.121. The van der Waals surface area contributed by atoms with Crippen molar-refractivity contribution in [2.75, 3.05) is 6.61 Å². The number of benzene rings is 1. The van der Waals surface area contributed by atoms with Crippen molar-refractivity contribution in [2.45, 2.75) is 26.9 Å². The molecule has 0 bridgehead atoms. The van der Waals surface area contributed by atoms with Crippen LogP contribution >= 0.6 is 0 Å². The van der Waals surface area contributed by atoms with Crippen LogP contribution in [0.1, 0.15) is 28.5 Å². The van der Waals surface area contributed by atoms with E-state index in [0.29, 0.717) is 29.1 Å². The van der Waals surface area contributed by atoms with Gasteiger partial charge >= 0.3 is 5.97 Å². The molecule has 0 radical (unpaired) electrons. The number of aromatic nitrogens is 2. The molecule has 0 fully saturated rings. The number of pyridine rings is 1. The molecular formula is C22H22FN3O3. The maximum atomic E-state index is 13.3. The Labute approximate surface area is 168 Å². The molecule has 29 heavy (non-hydrogen) atoms. The second-order valence-corrected chi connectivity index (χ2v) is 6.48. The SMILES string of the molecule is CCOC(=O)c1cc(-c2ccc(F)cc2)n(CC(=O)NCc2cccnc2)c1C. The van der Waals surface area contributed by atoms with Gasteiger partial charge in [-0.3, -0.25) is 9.78 Å². The number of carbonyl (C=O) groups is 2. The van der Waals surface area contributed by atoms with E-state index in [2.05, 4.69) is 10.3 Å². The zero-order valence-corrected chi connectivity index (χ0v) is 16.3. The molecule has 0 unspecified atom stereocenters. The van der Waals surface area contributed by atoms with E-state index < -0.39 is 5.97 Å². The highest BCUT2D eigenvalue weighted by Crippen LogP contribution is 2.27. The second-order valence-electron chi connectivity index (χ2n) is 6.48. The summed E-state index contributed by atoms with van der Waals surface area (Å²) in [6.07, 6.45) is 3.35. The molecule has 150 valence electrons. The molecule has 2 aromatic heterocycles. The largest absolute Gasteiger partial charge is 0.462 e. The van der Waals surface area contributed by atoms with Crippen LogP contribution in [0.3, 0.4) is 0 Å². The van der Waals surface area contributed by atoms with E-state index in [4.69, 9.17) is 4.74 Å². The molecule has 0 aliphatic rings. The van der Waals surface area contributed by atoms with Crippen molar-refractivity contribution in [3.05, 3.63) is 77.5 Å². The Morgan fingerprint density at radius 3 is 2.62 bits per heavy atom. The quantitative estimate of drug-likeness (QED) is 0.622. The molecule has 1 amide bonds. The van der Waals surface area contributed by atoms with Crippen LogP contribution in [-0.2, 0) is 22.6 Å². The maximum absolute atomic E-state index is 13.3. The van der Waals surface area contributed by atoms with Gasteiger partial charge in [-0.25, -0.2) is 9.18 Å². The summed E-state index contributed by atoms with van der Waals surface area (Å²) in [7, 11) is 0. The van der Waals surface area contributed by atoms with Crippen LogP contribution in [0.15, 0.2) is 54.9 Å². The topological polar surface area (TPSA) is 73.2 Å². The smallest absolute Gasteiger partial charge is 0.339 e. The van der Waals surface area contributed by atoms with Gasteiger partial charge in [0.2, 0.25) is 5.91 Å².